The minimum absolute atomic E-state index is 0.844. The van der Waals surface area contributed by atoms with E-state index in [0.29, 0.717) is 0 Å². The molecule has 0 aliphatic heterocycles. The number of hydrogen-bond acceptors (Lipinski definition) is 1. The van der Waals surface area contributed by atoms with Crippen LogP contribution in [-0.2, 0) is 11.2 Å². The summed E-state index contributed by atoms with van der Waals surface area (Å²) in [5.74, 6) is 0. The van der Waals surface area contributed by atoms with E-state index in [-0.39, 0.29) is 0 Å². The third kappa shape index (κ3) is 4.60. The van der Waals surface area contributed by atoms with Gasteiger partial charge in [-0.1, -0.05) is 30.3 Å². The van der Waals surface area contributed by atoms with E-state index in [1.54, 1.807) is 3.11 Å². The molecule has 0 N–H and O–H groups in total. The molecule has 0 atom stereocenters. The number of carbonyl (C=O) groups excluding carboxylic acids is 1. The van der Waals surface area contributed by atoms with Crippen molar-refractivity contribution in [1.29, 1.82) is 0 Å². The molecule has 0 spiro atoms. The maximum absolute atomic E-state index is 10.3. The number of benzene rings is 1. The summed E-state index contributed by atoms with van der Waals surface area (Å²) in [5, 5.41) is 0. The molecule has 0 heterocycles. The lowest BCUT2D eigenvalue weighted by atomic mass is 10.1. The summed E-state index contributed by atoms with van der Waals surface area (Å²) >= 11 is 2.03. The molecule has 2 nitrogen and oxygen atoms in total. The van der Waals surface area contributed by atoms with E-state index in [1.165, 1.54) is 5.56 Å². The lowest BCUT2D eigenvalue weighted by Gasteiger charge is -2.06. The molecule has 1 aromatic carbocycles. The first-order valence-electron chi connectivity index (χ1n) is 4.74. The van der Waals surface area contributed by atoms with Crippen molar-refractivity contribution in [3.05, 3.63) is 35.9 Å². The first-order chi connectivity index (χ1) is 6.83. The largest absolute Gasteiger partial charge is 0.288 e. The molecule has 14 heavy (non-hydrogen) atoms. The van der Waals surface area contributed by atoms with Crippen LogP contribution < -0.4 is 0 Å². The molecule has 0 aliphatic carbocycles. The molecule has 1 aromatic rings. The monoisotopic (exact) mass is 303 g/mol. The van der Waals surface area contributed by atoms with Gasteiger partial charge in [0.2, 0.25) is 6.41 Å². The van der Waals surface area contributed by atoms with Crippen molar-refractivity contribution in [1.82, 2.24) is 3.11 Å². The van der Waals surface area contributed by atoms with Crippen molar-refractivity contribution < 1.29 is 4.79 Å². The van der Waals surface area contributed by atoms with Gasteiger partial charge >= 0.3 is 0 Å². The van der Waals surface area contributed by atoms with Gasteiger partial charge in [-0.05, 0) is 24.8 Å². The molecular formula is C11H14INO. The molecule has 3 heteroatoms. The highest BCUT2D eigenvalue weighted by Crippen LogP contribution is 2.06. The Labute approximate surface area is 98.8 Å². The number of nitrogens with zero attached hydrogens (tertiary/aromatic N) is 1. The van der Waals surface area contributed by atoms with Crippen molar-refractivity contribution in [2.75, 3.05) is 6.54 Å². The van der Waals surface area contributed by atoms with Crippen LogP contribution in [0, 0.1) is 0 Å². The number of rotatable bonds is 6. The Morgan fingerprint density at radius 3 is 2.57 bits per heavy atom. The maximum atomic E-state index is 10.3. The Hall–Kier alpha value is -0.580. The van der Waals surface area contributed by atoms with Gasteiger partial charge in [-0.3, -0.25) is 7.91 Å². The van der Waals surface area contributed by atoms with Crippen molar-refractivity contribution >= 4 is 29.3 Å². The zero-order chi connectivity index (χ0) is 10.2. The molecule has 0 radical (unpaired) electrons. The average Bonchev–Trinajstić information content (AvgIpc) is 2.25. The van der Waals surface area contributed by atoms with Crippen LogP contribution in [-0.4, -0.2) is 16.1 Å². The quantitative estimate of drug-likeness (QED) is 0.342. The molecule has 1 amide bonds. The Bertz CT molecular complexity index is 263. The maximum Gasteiger partial charge on any atom is 0.218 e. The zero-order valence-corrected chi connectivity index (χ0v) is 10.2. The SMILES string of the molecule is O=CN(I)CCCCc1ccccc1. The Morgan fingerprint density at radius 1 is 1.21 bits per heavy atom. The number of halogens is 1. The average molecular weight is 303 g/mol. The molecule has 0 saturated heterocycles. The summed E-state index contributed by atoms with van der Waals surface area (Å²) in [7, 11) is 0. The molecule has 0 bridgehead atoms. The van der Waals surface area contributed by atoms with Gasteiger partial charge in [-0.15, -0.1) is 0 Å². The van der Waals surface area contributed by atoms with E-state index in [0.717, 1.165) is 32.2 Å². The predicted molar refractivity (Wildman–Crippen MR) is 66.2 cm³/mol. The summed E-state index contributed by atoms with van der Waals surface area (Å²) in [5.41, 5.74) is 1.37. The highest BCUT2D eigenvalue weighted by atomic mass is 127. The molecule has 1 rings (SSSR count). The van der Waals surface area contributed by atoms with Crippen LogP contribution in [0.1, 0.15) is 18.4 Å². The van der Waals surface area contributed by atoms with Gasteiger partial charge in [-0.2, -0.15) is 0 Å². The summed E-state index contributed by atoms with van der Waals surface area (Å²) in [6.45, 7) is 0.844. The predicted octanol–water partition coefficient (Wildman–Crippen LogP) is 2.82. The van der Waals surface area contributed by atoms with Crippen molar-refractivity contribution in [2.45, 2.75) is 19.3 Å². The summed E-state index contributed by atoms with van der Waals surface area (Å²) < 4.78 is 1.66. The zero-order valence-electron chi connectivity index (χ0n) is 8.03. The number of hydrogen-bond donors (Lipinski definition) is 0. The third-order valence-electron chi connectivity index (χ3n) is 2.04. The van der Waals surface area contributed by atoms with Crippen LogP contribution in [0.25, 0.3) is 0 Å². The van der Waals surface area contributed by atoms with Crippen LogP contribution in [0.15, 0.2) is 30.3 Å². The minimum Gasteiger partial charge on any atom is -0.288 e. The van der Waals surface area contributed by atoms with Crippen LogP contribution in [0.2, 0.25) is 0 Å². The molecule has 0 aromatic heterocycles. The Balaban J connectivity index is 2.13. The van der Waals surface area contributed by atoms with Gasteiger partial charge in [0.15, 0.2) is 0 Å². The van der Waals surface area contributed by atoms with Gasteiger partial charge < -0.3 is 0 Å². The smallest absolute Gasteiger partial charge is 0.218 e. The Kier molecular flexibility index (Phi) is 5.59. The van der Waals surface area contributed by atoms with Gasteiger partial charge in [-0.25, -0.2) is 0 Å². The van der Waals surface area contributed by atoms with Crippen LogP contribution in [0.5, 0.6) is 0 Å². The van der Waals surface area contributed by atoms with E-state index in [2.05, 4.69) is 24.3 Å². The van der Waals surface area contributed by atoms with Crippen molar-refractivity contribution in [2.24, 2.45) is 0 Å². The molecule has 0 fully saturated rings. The fourth-order valence-corrected chi connectivity index (χ4v) is 1.63. The van der Waals surface area contributed by atoms with Crippen LogP contribution in [0.4, 0.5) is 0 Å². The van der Waals surface area contributed by atoms with E-state index in [9.17, 15) is 4.79 Å². The lowest BCUT2D eigenvalue weighted by Crippen LogP contribution is -2.09. The second-order valence-electron chi connectivity index (χ2n) is 3.17. The highest BCUT2D eigenvalue weighted by Gasteiger charge is 1.96. The summed E-state index contributed by atoms with van der Waals surface area (Å²) in [6, 6.07) is 10.4. The van der Waals surface area contributed by atoms with Gasteiger partial charge in [0.05, 0.1) is 22.9 Å². The molecule has 0 unspecified atom stereocenters. The number of carbonyl (C=O) groups is 1. The third-order valence-corrected chi connectivity index (χ3v) is 2.75. The van der Waals surface area contributed by atoms with Gasteiger partial charge in [0, 0.05) is 6.54 Å². The minimum atomic E-state index is 0.844. The fourth-order valence-electron chi connectivity index (χ4n) is 1.29. The first kappa shape index (κ1) is 11.5. The van der Waals surface area contributed by atoms with Gasteiger partial charge in [0.1, 0.15) is 0 Å². The lowest BCUT2D eigenvalue weighted by molar-refractivity contribution is -0.113. The first-order valence-corrected chi connectivity index (χ1v) is 5.71. The molecule has 0 aliphatic rings. The second kappa shape index (κ2) is 6.81. The topological polar surface area (TPSA) is 20.3 Å². The summed E-state index contributed by atoms with van der Waals surface area (Å²) in [4.78, 5) is 10.3. The second-order valence-corrected chi connectivity index (χ2v) is 4.41. The summed E-state index contributed by atoms with van der Waals surface area (Å²) in [6.07, 6.45) is 4.17. The highest BCUT2D eigenvalue weighted by molar-refractivity contribution is 14.1. The molecular weight excluding hydrogens is 289 g/mol. The fraction of sp³-hybridized carbons (Fsp3) is 0.364. The number of unbranched alkanes of at least 4 members (excludes halogenated alkanes) is 1. The van der Waals surface area contributed by atoms with E-state index < -0.39 is 0 Å². The number of amides is 1. The molecule has 0 saturated carbocycles. The van der Waals surface area contributed by atoms with E-state index >= 15 is 0 Å². The van der Waals surface area contributed by atoms with Gasteiger partial charge in [0.25, 0.3) is 0 Å². The normalized spacial score (nSPS) is 9.79. The number of aryl methyl sites for hydroxylation is 1. The van der Waals surface area contributed by atoms with Crippen molar-refractivity contribution in [3.63, 3.8) is 0 Å². The van der Waals surface area contributed by atoms with E-state index in [1.807, 2.05) is 28.9 Å². The van der Waals surface area contributed by atoms with E-state index in [4.69, 9.17) is 0 Å². The Morgan fingerprint density at radius 2 is 1.93 bits per heavy atom. The van der Waals surface area contributed by atoms with Crippen molar-refractivity contribution in [3.8, 4) is 0 Å². The van der Waals surface area contributed by atoms with Crippen LogP contribution >= 0.6 is 22.9 Å². The molecule has 76 valence electrons. The standard InChI is InChI=1S/C11H14INO/c12-13(10-14)9-5-4-8-11-6-2-1-3-7-11/h1-3,6-7,10H,4-5,8-9H2. The van der Waals surface area contributed by atoms with Crippen LogP contribution in [0.3, 0.4) is 0 Å².